The molecule has 20 aromatic carbocycles. The van der Waals surface area contributed by atoms with Crippen LogP contribution >= 0.6 is 0 Å². The highest BCUT2D eigenvalue weighted by Crippen LogP contribution is 2.56. The summed E-state index contributed by atoms with van der Waals surface area (Å²) in [6.45, 7) is 0. The Balaban J connectivity index is 0.000000105. The molecule has 27 aromatic rings. The number of pyridine rings is 1. The fraction of sp³-hybridized carbons (Fsp3) is 0. The molecular weight excluding hydrogens is 1750 g/mol. The quantitative estimate of drug-likeness (QED) is 0.115. The molecular formula is C129H79N11O3. The topological polar surface area (TPSA) is 139 Å². The predicted molar refractivity (Wildman–Crippen MR) is 581 cm³/mol. The van der Waals surface area contributed by atoms with E-state index >= 15 is 0 Å². The first kappa shape index (κ1) is 81.6. The molecule has 7 aromatic heterocycles. The largest absolute Gasteiger partial charge is 0.436 e. The van der Waals surface area contributed by atoms with Gasteiger partial charge in [-0.15, -0.1) is 0 Å². The molecule has 0 amide bonds. The van der Waals surface area contributed by atoms with Gasteiger partial charge in [-0.2, -0.15) is 5.26 Å². The van der Waals surface area contributed by atoms with Crippen molar-refractivity contribution in [2.24, 2.45) is 0 Å². The summed E-state index contributed by atoms with van der Waals surface area (Å²) in [5, 5.41) is 16.5. The molecule has 0 unspecified atom stereocenters. The summed E-state index contributed by atoms with van der Waals surface area (Å²) in [6, 6.07) is 170. The van der Waals surface area contributed by atoms with Gasteiger partial charge in [0.2, 0.25) is 17.7 Å². The van der Waals surface area contributed by atoms with Crippen molar-refractivity contribution in [1.29, 1.82) is 5.26 Å². The SMILES string of the molecule is N#Cc1ccc(-c2nc3ccc(-c4cccc(-c5cc6c7c(c5)c5ccccc5n7-c5ccccc5N6c5ccccc5)c4)cc3o2)cc1.c1ccc(-c2nc3ccc(-c4cccc(-c5cc6c7c(c5)c5ccccc5n7-c5ccccc5N6c5ccccc5)c4)cc3o2)cc1.c1ccc(-c2nc3ccc(-c4cccc(-c5cc6c7c(c5)c5ccccc5n7-c5ccccc5N6c5ccccc5)n4)cc3o2)cc1. The minimum atomic E-state index is 0.538. The fourth-order valence-corrected chi connectivity index (χ4v) is 21.5. The van der Waals surface area contributed by atoms with Crippen LogP contribution in [0.2, 0.25) is 0 Å². The van der Waals surface area contributed by atoms with Crippen molar-refractivity contribution in [2.45, 2.75) is 0 Å². The number of rotatable bonds is 12. The van der Waals surface area contributed by atoms with E-state index < -0.39 is 0 Å². The Morgan fingerprint density at radius 2 is 0.469 bits per heavy atom. The molecule has 10 heterocycles. The van der Waals surface area contributed by atoms with E-state index in [0.29, 0.717) is 23.2 Å². The summed E-state index contributed by atoms with van der Waals surface area (Å²) in [6.07, 6.45) is 0. The number of anilines is 9. The van der Waals surface area contributed by atoms with Gasteiger partial charge in [-0.05, 0) is 281 Å². The number of benzene rings is 20. The maximum Gasteiger partial charge on any atom is 0.227 e. The minimum absolute atomic E-state index is 0.538. The second-order valence-electron chi connectivity index (χ2n) is 36.3. The molecule has 0 bridgehead atoms. The zero-order valence-electron chi connectivity index (χ0n) is 76.8. The Bertz CT molecular complexity index is 9470. The van der Waals surface area contributed by atoms with E-state index in [1.807, 2.05) is 97.1 Å². The minimum Gasteiger partial charge on any atom is -0.436 e. The molecule has 14 heteroatoms. The van der Waals surface area contributed by atoms with E-state index in [2.05, 4.69) is 405 Å². The van der Waals surface area contributed by atoms with Gasteiger partial charge in [0.25, 0.3) is 0 Å². The third-order valence-corrected chi connectivity index (χ3v) is 28.0. The Kier molecular flexibility index (Phi) is 19.0. The van der Waals surface area contributed by atoms with Gasteiger partial charge >= 0.3 is 0 Å². The summed E-state index contributed by atoms with van der Waals surface area (Å²) in [4.78, 5) is 26.6. The van der Waals surface area contributed by atoms with Gasteiger partial charge in [0, 0.05) is 77.2 Å². The highest BCUT2D eigenvalue weighted by molar-refractivity contribution is 6.21. The normalized spacial score (nSPS) is 12.1. The van der Waals surface area contributed by atoms with Crippen LogP contribution in [0.25, 0.3) is 217 Å². The van der Waals surface area contributed by atoms with Crippen molar-refractivity contribution < 1.29 is 13.3 Å². The molecule has 0 fully saturated rings. The molecule has 0 saturated carbocycles. The molecule has 3 aliphatic heterocycles. The van der Waals surface area contributed by atoms with Crippen molar-refractivity contribution in [3.8, 4) is 125 Å². The second-order valence-corrected chi connectivity index (χ2v) is 36.3. The predicted octanol–water partition coefficient (Wildman–Crippen LogP) is 34.4. The summed E-state index contributed by atoms with van der Waals surface area (Å²) in [7, 11) is 0. The van der Waals surface area contributed by atoms with Gasteiger partial charge in [-0.3, -0.25) is 0 Å². The smallest absolute Gasteiger partial charge is 0.227 e. The van der Waals surface area contributed by atoms with Crippen LogP contribution in [0.4, 0.5) is 51.2 Å². The summed E-state index contributed by atoms with van der Waals surface area (Å²) >= 11 is 0. The average Bonchev–Trinajstić information content (AvgIpc) is 1.56. The van der Waals surface area contributed by atoms with Gasteiger partial charge < -0.3 is 41.7 Å². The zero-order valence-corrected chi connectivity index (χ0v) is 76.8. The Morgan fingerprint density at radius 3 is 0.853 bits per heavy atom. The third-order valence-electron chi connectivity index (χ3n) is 28.0. The second kappa shape index (κ2) is 33.3. The number of aromatic nitrogens is 7. The highest BCUT2D eigenvalue weighted by atomic mass is 16.4. The summed E-state index contributed by atoms with van der Waals surface area (Å²) < 4.78 is 25.9. The van der Waals surface area contributed by atoms with Crippen molar-refractivity contribution in [1.82, 2.24) is 33.6 Å². The number of nitrogens with zero attached hydrogens (tertiary/aromatic N) is 11. The van der Waals surface area contributed by atoms with Gasteiger partial charge in [-0.25, -0.2) is 19.9 Å². The number of oxazole rings is 3. The molecule has 143 heavy (non-hydrogen) atoms. The number of nitriles is 1. The monoisotopic (exact) mass is 1830 g/mol. The standard InChI is InChI=1S/C44H26N4O.C43H27N3O.C42H26N4O/c45-27-28-17-19-29(20-18-28)44-46-37-22-21-32(26-42(37)49-44)30-9-8-10-31(23-30)33-24-36-35-13-4-5-14-38(35)48-40-16-7-6-15-39(40)47(41(25-33)43(36)48)34-11-2-1-3-12-34;1-3-12-28(13-4-1)43-44-36-23-22-31(27-41(36)47-43)29-14-11-15-30(24-29)32-25-35-34-18-7-8-19-37(34)46-39-21-10-9-20-38(39)45(40(26-32)42(35)46)33-16-5-2-6-17-33;1-3-12-27(13-4-1)42-44-35-23-22-28(26-40(35)47-42)33-17-11-18-34(43-33)29-24-32-31-16-7-8-19-36(31)46-38-21-10-9-20-37(38)45(39(25-29)41(32)46)30-14-5-2-6-15-30/h1-26H;1-27H;1-26H. The lowest BCUT2D eigenvalue weighted by Gasteiger charge is -2.33. The van der Waals surface area contributed by atoms with E-state index in [-0.39, 0.29) is 0 Å². The van der Waals surface area contributed by atoms with Crippen molar-refractivity contribution >= 4 is 150 Å². The van der Waals surface area contributed by atoms with E-state index in [4.69, 9.17) is 38.4 Å². The van der Waals surface area contributed by atoms with Crippen LogP contribution in [-0.4, -0.2) is 33.6 Å². The third kappa shape index (κ3) is 13.7. The fourth-order valence-electron chi connectivity index (χ4n) is 21.5. The Morgan fingerprint density at radius 1 is 0.189 bits per heavy atom. The first-order valence-corrected chi connectivity index (χ1v) is 47.9. The van der Waals surface area contributed by atoms with Crippen LogP contribution in [0.5, 0.6) is 0 Å². The van der Waals surface area contributed by atoms with Crippen LogP contribution in [0, 0.1) is 11.3 Å². The van der Waals surface area contributed by atoms with Crippen LogP contribution in [-0.2, 0) is 0 Å². The molecule has 3 aliphatic rings. The zero-order chi connectivity index (χ0) is 94.3. The Labute approximate surface area is 820 Å². The molecule has 30 rings (SSSR count). The molecule has 0 radical (unpaired) electrons. The Hall–Kier alpha value is -19.8. The van der Waals surface area contributed by atoms with Crippen LogP contribution in [0.1, 0.15) is 5.56 Å². The number of hydrogen-bond donors (Lipinski definition) is 0. The first-order valence-electron chi connectivity index (χ1n) is 47.9. The van der Waals surface area contributed by atoms with Crippen LogP contribution in [0.3, 0.4) is 0 Å². The summed E-state index contributed by atoms with van der Waals surface area (Å²) in [5.74, 6) is 1.79. The maximum atomic E-state index is 9.17. The lowest BCUT2D eigenvalue weighted by Crippen LogP contribution is -2.18. The van der Waals surface area contributed by atoms with Crippen LogP contribution < -0.4 is 14.7 Å². The molecule has 0 aliphatic carbocycles. The van der Waals surface area contributed by atoms with E-state index in [0.717, 1.165) is 157 Å². The van der Waals surface area contributed by atoms with E-state index in [1.165, 1.54) is 93.7 Å². The molecule has 668 valence electrons. The van der Waals surface area contributed by atoms with Gasteiger partial charge in [-0.1, -0.05) is 243 Å². The van der Waals surface area contributed by atoms with Crippen molar-refractivity contribution in [2.75, 3.05) is 14.7 Å². The van der Waals surface area contributed by atoms with Crippen LogP contribution in [0.15, 0.2) is 492 Å². The molecule has 0 atom stereocenters. The summed E-state index contributed by atoms with van der Waals surface area (Å²) in [5.41, 5.74) is 41.9. The van der Waals surface area contributed by atoms with Gasteiger partial charge in [0.1, 0.15) is 16.6 Å². The van der Waals surface area contributed by atoms with Gasteiger partial charge in [0.05, 0.1) is 107 Å². The highest BCUT2D eigenvalue weighted by Gasteiger charge is 2.35. The molecule has 0 spiro atoms. The van der Waals surface area contributed by atoms with E-state index in [9.17, 15) is 0 Å². The van der Waals surface area contributed by atoms with Crippen molar-refractivity contribution in [3.05, 3.63) is 485 Å². The molecule has 14 nitrogen and oxygen atoms in total. The number of fused-ring (bicyclic) bond motifs is 18. The first-order chi connectivity index (χ1) is 70.8. The maximum absolute atomic E-state index is 9.17. The molecule has 0 saturated heterocycles. The molecule has 0 N–H and O–H groups in total. The lowest BCUT2D eigenvalue weighted by molar-refractivity contribution is 0.619. The van der Waals surface area contributed by atoms with Gasteiger partial charge in [0.15, 0.2) is 16.7 Å². The number of hydrogen-bond acceptors (Lipinski definition) is 11. The number of para-hydroxylation sites is 12. The van der Waals surface area contributed by atoms with Crippen molar-refractivity contribution in [3.63, 3.8) is 0 Å². The average molecular weight is 1830 g/mol. The van der Waals surface area contributed by atoms with E-state index in [1.54, 1.807) is 12.1 Å². The lowest BCUT2D eigenvalue weighted by atomic mass is 9.96.